The summed E-state index contributed by atoms with van der Waals surface area (Å²) in [6, 6.07) is 4.49. The highest BCUT2D eigenvalue weighted by molar-refractivity contribution is 7.11. The Morgan fingerprint density at radius 3 is 2.84 bits per heavy atom. The van der Waals surface area contributed by atoms with Crippen LogP contribution in [0, 0.1) is 12.8 Å². The maximum atomic E-state index is 5.51. The molecule has 25 heavy (non-hydrogen) atoms. The predicted molar refractivity (Wildman–Crippen MR) is 102 cm³/mol. The van der Waals surface area contributed by atoms with E-state index in [1.165, 1.54) is 46.7 Å². The van der Waals surface area contributed by atoms with Crippen molar-refractivity contribution in [3.8, 4) is 0 Å². The second-order valence-corrected chi connectivity index (χ2v) is 9.12. The number of aryl methyl sites for hydroxylation is 1. The highest BCUT2D eigenvalue weighted by atomic mass is 32.1. The molecule has 0 amide bonds. The molecule has 1 atom stereocenters. The van der Waals surface area contributed by atoms with Crippen LogP contribution < -0.4 is 0 Å². The van der Waals surface area contributed by atoms with Gasteiger partial charge in [-0.2, -0.15) is 5.10 Å². The van der Waals surface area contributed by atoms with E-state index in [-0.39, 0.29) is 0 Å². The average molecular weight is 360 g/mol. The van der Waals surface area contributed by atoms with Gasteiger partial charge < -0.3 is 4.74 Å². The predicted octanol–water partition coefficient (Wildman–Crippen LogP) is 4.19. The lowest BCUT2D eigenvalue weighted by Gasteiger charge is -2.31. The molecule has 0 bridgehead atoms. The smallest absolute Gasteiger partial charge is 0.0736 e. The van der Waals surface area contributed by atoms with Gasteiger partial charge in [0.1, 0.15) is 0 Å². The van der Waals surface area contributed by atoms with Crippen LogP contribution in [0.4, 0.5) is 0 Å². The van der Waals surface area contributed by atoms with Crippen molar-refractivity contribution < 1.29 is 4.74 Å². The maximum Gasteiger partial charge on any atom is 0.0736 e. The molecule has 1 saturated carbocycles. The van der Waals surface area contributed by atoms with E-state index in [1.54, 1.807) is 7.11 Å². The van der Waals surface area contributed by atoms with Crippen LogP contribution in [-0.4, -0.2) is 34.9 Å². The lowest BCUT2D eigenvalue weighted by atomic mass is 9.97. The van der Waals surface area contributed by atoms with Crippen LogP contribution in [0.3, 0.4) is 0 Å². The van der Waals surface area contributed by atoms with Crippen LogP contribution in [0.1, 0.15) is 52.6 Å². The minimum Gasteiger partial charge on any atom is -0.384 e. The van der Waals surface area contributed by atoms with Crippen molar-refractivity contribution in [1.29, 1.82) is 0 Å². The minimum atomic E-state index is 0.389. The summed E-state index contributed by atoms with van der Waals surface area (Å²) in [5, 5.41) is 4.97. The fourth-order valence-electron chi connectivity index (χ4n) is 4.44. The van der Waals surface area contributed by atoms with Gasteiger partial charge in [0.05, 0.1) is 12.3 Å². The molecule has 0 saturated heterocycles. The fraction of sp³-hybridized carbons (Fsp3) is 0.650. The van der Waals surface area contributed by atoms with E-state index in [1.807, 2.05) is 11.3 Å². The van der Waals surface area contributed by atoms with Gasteiger partial charge in [-0.15, -0.1) is 11.3 Å². The van der Waals surface area contributed by atoms with Gasteiger partial charge in [-0.25, -0.2) is 0 Å². The lowest BCUT2D eigenvalue weighted by Crippen LogP contribution is -2.34. The number of nitrogens with zero attached hydrogens (tertiary/aromatic N) is 3. The van der Waals surface area contributed by atoms with Crippen molar-refractivity contribution in [3.63, 3.8) is 0 Å². The highest BCUT2D eigenvalue weighted by Crippen LogP contribution is 2.31. The Bertz CT molecular complexity index is 702. The van der Waals surface area contributed by atoms with Crippen molar-refractivity contribution in [2.45, 2.75) is 58.2 Å². The molecule has 2 aromatic heterocycles. The summed E-state index contributed by atoms with van der Waals surface area (Å²) >= 11 is 1.91. The Kier molecular flexibility index (Phi) is 5.25. The second-order valence-electron chi connectivity index (χ2n) is 7.75. The van der Waals surface area contributed by atoms with Crippen molar-refractivity contribution in [2.75, 3.05) is 20.3 Å². The normalized spacial score (nSPS) is 21.8. The molecule has 0 unspecified atom stereocenters. The third-order valence-electron chi connectivity index (χ3n) is 5.59. The first-order valence-corrected chi connectivity index (χ1v) is 10.4. The van der Waals surface area contributed by atoms with Crippen molar-refractivity contribution in [1.82, 2.24) is 14.7 Å². The molecule has 1 aliphatic heterocycles. The largest absolute Gasteiger partial charge is 0.384 e. The zero-order chi connectivity index (χ0) is 17.2. The quantitative estimate of drug-likeness (QED) is 0.775. The monoisotopic (exact) mass is 359 g/mol. The average Bonchev–Trinajstić information content (AvgIpc) is 3.30. The number of rotatable bonds is 6. The molecule has 0 N–H and O–H groups in total. The van der Waals surface area contributed by atoms with Crippen molar-refractivity contribution in [2.24, 2.45) is 5.92 Å². The number of hydrogen-bond acceptors (Lipinski definition) is 4. The van der Waals surface area contributed by atoms with E-state index in [4.69, 9.17) is 9.84 Å². The summed E-state index contributed by atoms with van der Waals surface area (Å²) in [6.07, 6.45) is 7.84. The lowest BCUT2D eigenvalue weighted by molar-refractivity contribution is 0.135. The zero-order valence-corrected chi connectivity index (χ0v) is 16.2. The third kappa shape index (κ3) is 3.99. The Morgan fingerprint density at radius 2 is 2.12 bits per heavy atom. The van der Waals surface area contributed by atoms with E-state index >= 15 is 0 Å². The molecule has 4 rings (SSSR count). The van der Waals surface area contributed by atoms with Crippen LogP contribution in [0.5, 0.6) is 0 Å². The molecule has 0 aromatic carbocycles. The molecule has 1 fully saturated rings. The highest BCUT2D eigenvalue weighted by Gasteiger charge is 2.29. The first kappa shape index (κ1) is 17.3. The molecule has 5 heteroatoms. The standard InChI is InChI=1S/C20H29N3OS/c1-15-7-8-19(25-15)13-22-10-17-12-23(9-16-5-3-4-6-16)21-20(17)18(11-22)14-24-2/h7-8,12,16,18H,3-6,9-11,13-14H2,1-2H3/t18-/m0/s1. The van der Waals surface area contributed by atoms with Gasteiger partial charge in [0.25, 0.3) is 0 Å². The molecule has 2 aliphatic rings. The molecule has 0 spiro atoms. The van der Waals surface area contributed by atoms with Gasteiger partial charge in [-0.1, -0.05) is 12.8 Å². The van der Waals surface area contributed by atoms with E-state index < -0.39 is 0 Å². The van der Waals surface area contributed by atoms with Gasteiger partial charge in [-0.05, 0) is 37.8 Å². The van der Waals surface area contributed by atoms with Gasteiger partial charge in [0.2, 0.25) is 0 Å². The van der Waals surface area contributed by atoms with Crippen LogP contribution in [0.2, 0.25) is 0 Å². The summed E-state index contributed by atoms with van der Waals surface area (Å²) < 4.78 is 7.73. The first-order chi connectivity index (χ1) is 12.2. The third-order valence-corrected chi connectivity index (χ3v) is 6.58. The van der Waals surface area contributed by atoms with E-state index in [0.717, 1.165) is 38.7 Å². The number of aromatic nitrogens is 2. The summed E-state index contributed by atoms with van der Waals surface area (Å²) in [6.45, 7) is 7.12. The van der Waals surface area contributed by atoms with Gasteiger partial charge in [0, 0.05) is 60.7 Å². The molecule has 2 aromatic rings. The number of hydrogen-bond donors (Lipinski definition) is 0. The summed E-state index contributed by atoms with van der Waals surface area (Å²) in [5.41, 5.74) is 2.68. The number of thiophene rings is 1. The van der Waals surface area contributed by atoms with Crippen molar-refractivity contribution >= 4 is 11.3 Å². The zero-order valence-electron chi connectivity index (χ0n) is 15.4. The van der Waals surface area contributed by atoms with Gasteiger partial charge >= 0.3 is 0 Å². The summed E-state index contributed by atoms with van der Waals surface area (Å²) in [4.78, 5) is 5.40. The molecular formula is C20H29N3OS. The molecule has 1 aliphatic carbocycles. The topological polar surface area (TPSA) is 30.3 Å². The molecular weight excluding hydrogens is 330 g/mol. The molecule has 4 nitrogen and oxygen atoms in total. The Balaban J connectivity index is 1.50. The van der Waals surface area contributed by atoms with Crippen LogP contribution in [-0.2, 0) is 24.4 Å². The van der Waals surface area contributed by atoms with Crippen LogP contribution >= 0.6 is 11.3 Å². The van der Waals surface area contributed by atoms with Crippen LogP contribution in [0.25, 0.3) is 0 Å². The summed E-state index contributed by atoms with van der Waals surface area (Å²) in [7, 11) is 1.80. The maximum absolute atomic E-state index is 5.51. The Labute approximate surface area is 154 Å². The van der Waals surface area contributed by atoms with Crippen molar-refractivity contribution in [3.05, 3.63) is 39.3 Å². The minimum absolute atomic E-state index is 0.389. The number of fused-ring (bicyclic) bond motifs is 1. The van der Waals surface area contributed by atoms with E-state index in [0.29, 0.717) is 5.92 Å². The Hall–Kier alpha value is -1.17. The van der Waals surface area contributed by atoms with Crippen LogP contribution in [0.15, 0.2) is 18.3 Å². The molecule has 3 heterocycles. The Morgan fingerprint density at radius 1 is 1.28 bits per heavy atom. The van der Waals surface area contributed by atoms with E-state index in [9.17, 15) is 0 Å². The second kappa shape index (κ2) is 7.60. The van der Waals surface area contributed by atoms with E-state index in [2.05, 4.69) is 34.8 Å². The van der Waals surface area contributed by atoms with Gasteiger partial charge in [0.15, 0.2) is 0 Å². The fourth-order valence-corrected chi connectivity index (χ4v) is 5.37. The number of ether oxygens (including phenoxy) is 1. The molecule has 136 valence electrons. The SMILES string of the molecule is COC[C@@H]1CN(Cc2ccc(C)s2)Cc2cn(CC3CCCC3)nc21. The number of methoxy groups -OCH3 is 1. The molecule has 0 radical (unpaired) electrons. The van der Waals surface area contributed by atoms with Gasteiger partial charge in [-0.3, -0.25) is 9.58 Å². The summed E-state index contributed by atoms with van der Waals surface area (Å²) in [5.74, 6) is 1.21. The first-order valence-electron chi connectivity index (χ1n) is 9.54.